The van der Waals surface area contributed by atoms with E-state index < -0.39 is 0 Å². The Morgan fingerprint density at radius 1 is 1.23 bits per heavy atom. The van der Waals surface area contributed by atoms with E-state index in [1.165, 1.54) is 6.42 Å². The summed E-state index contributed by atoms with van der Waals surface area (Å²) in [6.07, 6.45) is 6.81. The van der Waals surface area contributed by atoms with Crippen molar-refractivity contribution in [2.75, 3.05) is 33.3 Å². The predicted octanol–water partition coefficient (Wildman–Crippen LogP) is 3.67. The first kappa shape index (κ1) is 25.3. The predicted molar refractivity (Wildman–Crippen MR) is 134 cm³/mol. The van der Waals surface area contributed by atoms with Crippen LogP contribution in [0, 0.1) is 11.3 Å². The molecule has 0 amide bonds. The van der Waals surface area contributed by atoms with Crippen LogP contribution < -0.4 is 10.6 Å². The number of hydrogen-bond donors (Lipinski definition) is 2. The monoisotopic (exact) mass is 529 g/mol. The Hall–Kier alpha value is -0.930. The van der Waals surface area contributed by atoms with Gasteiger partial charge in [0.2, 0.25) is 0 Å². The van der Waals surface area contributed by atoms with Crippen molar-refractivity contribution in [1.82, 2.24) is 20.5 Å². The molecule has 30 heavy (non-hydrogen) atoms. The van der Waals surface area contributed by atoms with Gasteiger partial charge in [-0.2, -0.15) is 0 Å². The number of pyridine rings is 1. The minimum absolute atomic E-state index is 0. The molecule has 0 aliphatic carbocycles. The summed E-state index contributed by atoms with van der Waals surface area (Å²) in [7, 11) is 1.87. The third-order valence-electron chi connectivity index (χ3n) is 6.09. The normalized spacial score (nSPS) is 24.2. The lowest BCUT2D eigenvalue weighted by Crippen LogP contribution is -2.51. The number of aliphatic imine (C=N–C) groups is 1. The highest BCUT2D eigenvalue weighted by atomic mass is 127. The number of guanidine groups is 1. The van der Waals surface area contributed by atoms with E-state index in [9.17, 15) is 0 Å². The summed E-state index contributed by atoms with van der Waals surface area (Å²) >= 11 is 0. The van der Waals surface area contributed by atoms with Gasteiger partial charge >= 0.3 is 0 Å². The first-order valence-electron chi connectivity index (χ1n) is 11.2. The van der Waals surface area contributed by atoms with Crippen LogP contribution in [-0.2, 0) is 11.3 Å². The molecule has 0 bridgehead atoms. The molecule has 2 aliphatic rings. The standard InChI is InChI=1S/C23H39N5O.HI/c1-23(2,3)21-18(8-7-15-29-21)16-26-22(24-4)27-19-10-13-28(14-11-19)17-20-9-5-6-12-25-20;/h5-6,9,12,18-19,21H,7-8,10-11,13-17H2,1-4H3,(H2,24,26,27);1H. The summed E-state index contributed by atoms with van der Waals surface area (Å²) in [5, 5.41) is 7.21. The van der Waals surface area contributed by atoms with E-state index in [0.29, 0.717) is 18.1 Å². The van der Waals surface area contributed by atoms with Gasteiger partial charge < -0.3 is 15.4 Å². The summed E-state index contributed by atoms with van der Waals surface area (Å²) in [6.45, 7) is 11.8. The average molecular weight is 530 g/mol. The van der Waals surface area contributed by atoms with Crippen LogP contribution in [0.25, 0.3) is 0 Å². The zero-order valence-electron chi connectivity index (χ0n) is 19.1. The molecule has 2 unspecified atom stereocenters. The van der Waals surface area contributed by atoms with E-state index in [-0.39, 0.29) is 29.4 Å². The van der Waals surface area contributed by atoms with Crippen LogP contribution in [0.5, 0.6) is 0 Å². The first-order chi connectivity index (χ1) is 14.0. The number of likely N-dealkylation sites (tertiary alicyclic amines) is 1. The molecule has 7 heteroatoms. The van der Waals surface area contributed by atoms with Crippen LogP contribution in [0.1, 0.15) is 52.1 Å². The number of nitrogens with one attached hydrogen (secondary N) is 2. The van der Waals surface area contributed by atoms with Crippen molar-refractivity contribution in [2.24, 2.45) is 16.3 Å². The Labute approximate surface area is 199 Å². The van der Waals surface area contributed by atoms with E-state index >= 15 is 0 Å². The molecule has 2 aliphatic heterocycles. The van der Waals surface area contributed by atoms with Crippen molar-refractivity contribution < 1.29 is 4.74 Å². The second kappa shape index (κ2) is 12.2. The Morgan fingerprint density at radius 3 is 2.63 bits per heavy atom. The summed E-state index contributed by atoms with van der Waals surface area (Å²) < 4.78 is 6.12. The quantitative estimate of drug-likeness (QED) is 0.347. The van der Waals surface area contributed by atoms with Gasteiger partial charge in [-0.25, -0.2) is 0 Å². The fraction of sp³-hybridized carbons (Fsp3) is 0.739. The van der Waals surface area contributed by atoms with Crippen LogP contribution >= 0.6 is 24.0 Å². The highest BCUT2D eigenvalue weighted by Crippen LogP contribution is 2.33. The van der Waals surface area contributed by atoms with Gasteiger partial charge in [-0.1, -0.05) is 26.8 Å². The van der Waals surface area contributed by atoms with Crippen molar-refractivity contribution in [1.29, 1.82) is 0 Å². The maximum atomic E-state index is 6.12. The maximum absolute atomic E-state index is 6.12. The zero-order valence-corrected chi connectivity index (χ0v) is 21.4. The Balaban J connectivity index is 0.00000320. The molecular weight excluding hydrogens is 489 g/mol. The molecule has 3 heterocycles. The number of piperidine rings is 1. The number of aromatic nitrogens is 1. The van der Waals surface area contributed by atoms with E-state index in [1.54, 1.807) is 0 Å². The van der Waals surface area contributed by atoms with Crippen molar-refractivity contribution in [3.8, 4) is 0 Å². The van der Waals surface area contributed by atoms with Crippen LogP contribution in [0.2, 0.25) is 0 Å². The molecule has 1 aromatic rings. The summed E-state index contributed by atoms with van der Waals surface area (Å²) in [6, 6.07) is 6.62. The van der Waals surface area contributed by atoms with E-state index in [2.05, 4.69) is 58.4 Å². The molecular formula is C23H40IN5O. The third-order valence-corrected chi connectivity index (χ3v) is 6.09. The molecule has 2 atom stereocenters. The van der Waals surface area contributed by atoms with Crippen LogP contribution in [0.4, 0.5) is 0 Å². The van der Waals surface area contributed by atoms with Gasteiger partial charge in [0.15, 0.2) is 5.96 Å². The lowest BCUT2D eigenvalue weighted by molar-refractivity contribution is -0.0835. The summed E-state index contributed by atoms with van der Waals surface area (Å²) in [5.74, 6) is 1.45. The molecule has 0 spiro atoms. The van der Waals surface area contributed by atoms with Crippen molar-refractivity contribution in [3.05, 3.63) is 30.1 Å². The molecule has 0 aromatic carbocycles. The second-order valence-electron chi connectivity index (χ2n) is 9.53. The third kappa shape index (κ3) is 7.64. The molecule has 170 valence electrons. The fourth-order valence-electron chi connectivity index (χ4n) is 4.58. The zero-order chi connectivity index (χ0) is 20.7. The van der Waals surface area contributed by atoms with Gasteiger partial charge in [-0.05, 0) is 43.2 Å². The van der Waals surface area contributed by atoms with Crippen LogP contribution in [-0.4, -0.2) is 61.3 Å². The molecule has 2 fully saturated rings. The smallest absolute Gasteiger partial charge is 0.191 e. The maximum Gasteiger partial charge on any atom is 0.191 e. The fourth-order valence-corrected chi connectivity index (χ4v) is 4.58. The van der Waals surface area contributed by atoms with Crippen molar-refractivity contribution in [2.45, 2.75) is 65.1 Å². The van der Waals surface area contributed by atoms with Crippen molar-refractivity contribution in [3.63, 3.8) is 0 Å². The van der Waals surface area contributed by atoms with Gasteiger partial charge in [0, 0.05) is 58.0 Å². The molecule has 0 radical (unpaired) electrons. The van der Waals surface area contributed by atoms with Crippen molar-refractivity contribution >= 4 is 29.9 Å². The van der Waals surface area contributed by atoms with Gasteiger partial charge in [-0.3, -0.25) is 14.9 Å². The summed E-state index contributed by atoms with van der Waals surface area (Å²) in [5.41, 5.74) is 1.32. The number of rotatable bonds is 5. The number of hydrogen-bond acceptors (Lipinski definition) is 4. The minimum atomic E-state index is 0. The molecule has 6 nitrogen and oxygen atoms in total. The number of halogens is 1. The average Bonchev–Trinajstić information content (AvgIpc) is 2.72. The lowest BCUT2D eigenvalue weighted by atomic mass is 9.78. The Kier molecular flexibility index (Phi) is 10.3. The van der Waals surface area contributed by atoms with E-state index in [1.807, 2.05) is 19.3 Å². The van der Waals surface area contributed by atoms with Gasteiger partial charge in [-0.15, -0.1) is 24.0 Å². The lowest BCUT2D eigenvalue weighted by Gasteiger charge is -2.40. The number of ether oxygens (including phenoxy) is 1. The molecule has 0 saturated carbocycles. The molecule has 2 saturated heterocycles. The van der Waals surface area contributed by atoms with Crippen LogP contribution in [0.15, 0.2) is 29.4 Å². The van der Waals surface area contributed by atoms with Gasteiger partial charge in [0.05, 0.1) is 11.8 Å². The molecule has 1 aromatic heterocycles. The highest BCUT2D eigenvalue weighted by molar-refractivity contribution is 14.0. The Bertz CT molecular complexity index is 641. The Morgan fingerprint density at radius 2 is 2.00 bits per heavy atom. The van der Waals surface area contributed by atoms with Gasteiger partial charge in [0.25, 0.3) is 0 Å². The summed E-state index contributed by atoms with van der Waals surface area (Å²) in [4.78, 5) is 11.4. The number of nitrogens with zero attached hydrogens (tertiary/aromatic N) is 3. The SMILES string of the molecule is CN=C(NCC1CCCOC1C(C)(C)C)NC1CCN(Cc2ccccn2)CC1.I. The van der Waals surface area contributed by atoms with Gasteiger partial charge in [0.1, 0.15) is 0 Å². The van der Waals surface area contributed by atoms with E-state index in [0.717, 1.165) is 63.7 Å². The highest BCUT2D eigenvalue weighted by Gasteiger charge is 2.35. The molecule has 2 N–H and O–H groups in total. The second-order valence-corrected chi connectivity index (χ2v) is 9.53. The molecule has 3 rings (SSSR count). The largest absolute Gasteiger partial charge is 0.377 e. The topological polar surface area (TPSA) is 61.8 Å². The van der Waals surface area contributed by atoms with Crippen LogP contribution in [0.3, 0.4) is 0 Å². The minimum Gasteiger partial charge on any atom is -0.377 e. The van der Waals surface area contributed by atoms with E-state index in [4.69, 9.17) is 4.74 Å². The first-order valence-corrected chi connectivity index (χ1v) is 11.2.